The highest BCUT2D eigenvalue weighted by Crippen LogP contribution is 2.53. The lowest BCUT2D eigenvalue weighted by atomic mass is 9.73. The molecule has 0 unspecified atom stereocenters. The van der Waals surface area contributed by atoms with Crippen LogP contribution in [0.15, 0.2) is 212 Å². The molecule has 1 aliphatic rings. The Labute approximate surface area is 349 Å². The Hall–Kier alpha value is -7.62. The molecule has 0 atom stereocenters. The number of rotatable bonds is 5. The summed E-state index contributed by atoms with van der Waals surface area (Å²) in [7, 11) is 0. The van der Waals surface area contributed by atoms with Crippen molar-refractivity contribution in [2.75, 3.05) is 4.90 Å². The van der Waals surface area contributed by atoms with E-state index in [0.29, 0.717) is 0 Å². The largest absolute Gasteiger partial charge is 0.310 e. The molecule has 0 saturated heterocycles. The van der Waals surface area contributed by atoms with Gasteiger partial charge in [0.25, 0.3) is 0 Å². The van der Waals surface area contributed by atoms with Gasteiger partial charge in [0, 0.05) is 44.0 Å². The van der Waals surface area contributed by atoms with E-state index >= 15 is 0 Å². The fraction of sp³-hybridized carbons (Fsp3) is 0.0526. The van der Waals surface area contributed by atoms with Crippen molar-refractivity contribution in [3.05, 3.63) is 223 Å². The molecule has 3 nitrogen and oxygen atoms in total. The van der Waals surface area contributed by atoms with Crippen LogP contribution in [0.2, 0.25) is 0 Å². The van der Waals surface area contributed by atoms with E-state index in [1.54, 1.807) is 0 Å². The molecule has 0 saturated carbocycles. The normalized spacial score (nSPS) is 13.3. The standard InChI is InChI=1S/C57H41N3/c1-57(2)48-26-14-17-29-52(48)58(53-35-32-40(36-49(53)57)38-18-6-3-7-19-38)43-33-30-39(31-34-43)46-37-47-44-24-12-15-27-50(44)59(41-20-8-4-9-21-41)55(47)56-54(46)45-25-13-16-28-51(45)60(56)42-22-10-5-11-23-42/h3-37H,1-2H3. The minimum absolute atomic E-state index is 0.180. The predicted octanol–water partition coefficient (Wildman–Crippen LogP) is 15.3. The number of aromatic nitrogens is 2. The number of para-hydroxylation sites is 5. The van der Waals surface area contributed by atoms with E-state index in [1.165, 1.54) is 88.4 Å². The molecule has 3 heteroatoms. The molecule has 0 bridgehead atoms. The first-order chi connectivity index (χ1) is 29.6. The highest BCUT2D eigenvalue weighted by Gasteiger charge is 2.37. The summed E-state index contributed by atoms with van der Waals surface area (Å²) in [5.74, 6) is 0. The van der Waals surface area contributed by atoms with Crippen molar-refractivity contribution in [1.29, 1.82) is 0 Å². The van der Waals surface area contributed by atoms with Gasteiger partial charge in [0.15, 0.2) is 0 Å². The van der Waals surface area contributed by atoms with Crippen LogP contribution in [0.4, 0.5) is 17.1 Å². The van der Waals surface area contributed by atoms with Gasteiger partial charge < -0.3 is 14.0 Å². The number of nitrogens with zero attached hydrogens (tertiary/aromatic N) is 3. The highest BCUT2D eigenvalue weighted by molar-refractivity contribution is 6.28. The third-order valence-corrected chi connectivity index (χ3v) is 12.9. The van der Waals surface area contributed by atoms with Crippen LogP contribution in [0, 0.1) is 0 Å². The maximum Gasteiger partial charge on any atom is 0.0795 e. The maximum absolute atomic E-state index is 2.48. The molecular formula is C57H41N3. The van der Waals surface area contributed by atoms with E-state index < -0.39 is 0 Å². The third kappa shape index (κ3) is 5.02. The zero-order valence-electron chi connectivity index (χ0n) is 33.5. The molecule has 284 valence electrons. The van der Waals surface area contributed by atoms with Crippen molar-refractivity contribution >= 4 is 60.7 Å². The highest BCUT2D eigenvalue weighted by atomic mass is 15.2. The molecule has 0 aliphatic carbocycles. The first-order valence-corrected chi connectivity index (χ1v) is 20.9. The quantitative estimate of drug-likeness (QED) is 0.170. The average molecular weight is 768 g/mol. The van der Waals surface area contributed by atoms with Crippen molar-refractivity contribution in [3.63, 3.8) is 0 Å². The molecule has 0 spiro atoms. The summed E-state index contributed by atoms with van der Waals surface area (Å²) in [6, 6.07) is 77.8. The Balaban J connectivity index is 1.12. The van der Waals surface area contributed by atoms with Crippen molar-refractivity contribution in [1.82, 2.24) is 9.13 Å². The number of hydrogen-bond acceptors (Lipinski definition) is 1. The summed E-state index contributed by atoms with van der Waals surface area (Å²) in [6.45, 7) is 4.73. The summed E-state index contributed by atoms with van der Waals surface area (Å²) >= 11 is 0. The van der Waals surface area contributed by atoms with Crippen molar-refractivity contribution in [2.45, 2.75) is 19.3 Å². The molecule has 0 N–H and O–H groups in total. The molecule has 0 radical (unpaired) electrons. The van der Waals surface area contributed by atoms with Gasteiger partial charge in [-0.05, 0) is 106 Å². The molecule has 11 aromatic rings. The predicted molar refractivity (Wildman–Crippen MR) is 253 cm³/mol. The third-order valence-electron chi connectivity index (χ3n) is 12.9. The summed E-state index contributed by atoms with van der Waals surface area (Å²) in [6.07, 6.45) is 0. The molecule has 60 heavy (non-hydrogen) atoms. The molecule has 0 amide bonds. The Bertz CT molecular complexity index is 3430. The molecule has 3 heterocycles. The smallest absolute Gasteiger partial charge is 0.0795 e. The second kappa shape index (κ2) is 13.2. The lowest BCUT2D eigenvalue weighted by Gasteiger charge is -2.42. The van der Waals surface area contributed by atoms with Crippen LogP contribution in [0.25, 0.3) is 77.2 Å². The minimum Gasteiger partial charge on any atom is -0.310 e. The van der Waals surface area contributed by atoms with Gasteiger partial charge in [-0.25, -0.2) is 0 Å². The fourth-order valence-electron chi connectivity index (χ4n) is 10.1. The number of anilines is 3. The summed E-state index contributed by atoms with van der Waals surface area (Å²) in [4.78, 5) is 2.46. The van der Waals surface area contributed by atoms with Crippen molar-refractivity contribution < 1.29 is 0 Å². The van der Waals surface area contributed by atoms with Crippen LogP contribution < -0.4 is 4.90 Å². The fourth-order valence-corrected chi connectivity index (χ4v) is 10.1. The number of benzene rings is 9. The Morgan fingerprint density at radius 2 is 0.883 bits per heavy atom. The van der Waals surface area contributed by atoms with E-state index in [2.05, 4.69) is 240 Å². The Morgan fingerprint density at radius 3 is 1.58 bits per heavy atom. The van der Waals surface area contributed by atoms with Crippen LogP contribution in [0.5, 0.6) is 0 Å². The van der Waals surface area contributed by atoms with Gasteiger partial charge in [-0.3, -0.25) is 0 Å². The van der Waals surface area contributed by atoms with Gasteiger partial charge in [-0.15, -0.1) is 0 Å². The molecular weight excluding hydrogens is 727 g/mol. The molecule has 0 fully saturated rings. The lowest BCUT2D eigenvalue weighted by molar-refractivity contribution is 0.632. The number of hydrogen-bond donors (Lipinski definition) is 0. The first kappa shape index (κ1) is 34.4. The summed E-state index contributed by atoms with van der Waals surface area (Å²) in [5.41, 5.74) is 18.0. The van der Waals surface area contributed by atoms with E-state index in [9.17, 15) is 0 Å². The van der Waals surface area contributed by atoms with Crippen molar-refractivity contribution in [2.24, 2.45) is 0 Å². The average Bonchev–Trinajstić information content (AvgIpc) is 3.83. The van der Waals surface area contributed by atoms with Gasteiger partial charge in [-0.2, -0.15) is 0 Å². The minimum atomic E-state index is -0.180. The molecule has 12 rings (SSSR count). The van der Waals surface area contributed by atoms with Crippen LogP contribution in [-0.4, -0.2) is 9.13 Å². The molecule has 9 aromatic carbocycles. The van der Waals surface area contributed by atoms with Crippen molar-refractivity contribution in [3.8, 4) is 33.6 Å². The number of fused-ring (bicyclic) bond motifs is 9. The first-order valence-electron chi connectivity index (χ1n) is 20.9. The summed E-state index contributed by atoms with van der Waals surface area (Å²) < 4.78 is 4.95. The van der Waals surface area contributed by atoms with E-state index in [0.717, 1.165) is 17.1 Å². The second-order valence-corrected chi connectivity index (χ2v) is 16.5. The van der Waals surface area contributed by atoms with Gasteiger partial charge in [0.2, 0.25) is 0 Å². The van der Waals surface area contributed by atoms with Crippen LogP contribution in [-0.2, 0) is 5.41 Å². The summed E-state index contributed by atoms with van der Waals surface area (Å²) in [5, 5.41) is 4.95. The lowest BCUT2D eigenvalue weighted by Crippen LogP contribution is -2.30. The Kier molecular flexibility index (Phi) is 7.58. The Morgan fingerprint density at radius 1 is 0.350 bits per heavy atom. The van der Waals surface area contributed by atoms with Gasteiger partial charge >= 0.3 is 0 Å². The molecule has 2 aromatic heterocycles. The SMILES string of the molecule is CC1(C)c2ccccc2N(c2ccc(-c3cc4c5ccccc5n(-c5ccccc5)c4c4c3c3ccccc3n4-c3ccccc3)cc2)c2ccc(-c3ccccc3)cc21. The molecule has 1 aliphatic heterocycles. The monoisotopic (exact) mass is 767 g/mol. The van der Waals surface area contributed by atoms with E-state index in [4.69, 9.17) is 0 Å². The zero-order valence-corrected chi connectivity index (χ0v) is 33.5. The zero-order chi connectivity index (χ0) is 40.0. The van der Waals surface area contributed by atoms with Gasteiger partial charge in [0.05, 0.1) is 33.4 Å². The second-order valence-electron chi connectivity index (χ2n) is 16.5. The van der Waals surface area contributed by atoms with Crippen LogP contribution >= 0.6 is 0 Å². The van der Waals surface area contributed by atoms with Gasteiger partial charge in [-0.1, -0.05) is 153 Å². The van der Waals surface area contributed by atoms with Crippen LogP contribution in [0.1, 0.15) is 25.0 Å². The van der Waals surface area contributed by atoms with E-state index in [1.807, 2.05) is 0 Å². The van der Waals surface area contributed by atoms with E-state index in [-0.39, 0.29) is 5.41 Å². The maximum atomic E-state index is 2.48. The topological polar surface area (TPSA) is 13.1 Å². The van der Waals surface area contributed by atoms with Gasteiger partial charge in [0.1, 0.15) is 0 Å². The van der Waals surface area contributed by atoms with Crippen LogP contribution in [0.3, 0.4) is 0 Å².